The van der Waals surface area contributed by atoms with Crippen LogP contribution in [0.25, 0.3) is 10.9 Å². The summed E-state index contributed by atoms with van der Waals surface area (Å²) in [6.45, 7) is 0.779. The largest absolute Gasteiger partial charge is 0.356 e. The summed E-state index contributed by atoms with van der Waals surface area (Å²) in [6, 6.07) is 5.62. The van der Waals surface area contributed by atoms with Crippen molar-refractivity contribution in [3.8, 4) is 0 Å². The maximum atomic E-state index is 6.04. The highest BCUT2D eigenvalue weighted by Crippen LogP contribution is 2.29. The van der Waals surface area contributed by atoms with Crippen molar-refractivity contribution in [2.24, 2.45) is 0 Å². The Hall–Kier alpha value is -0.700. The van der Waals surface area contributed by atoms with Crippen LogP contribution in [0.4, 0.5) is 0 Å². The molecule has 0 saturated heterocycles. The Labute approximate surface area is 92.2 Å². The van der Waals surface area contributed by atoms with Gasteiger partial charge in [0.2, 0.25) is 0 Å². The summed E-state index contributed by atoms with van der Waals surface area (Å²) in [5, 5.41) is 5.47. The van der Waals surface area contributed by atoms with E-state index in [2.05, 4.69) is 10.3 Å². The Bertz CT molecular complexity index is 423. The Kier molecular flexibility index (Phi) is 2.68. The lowest BCUT2D eigenvalue weighted by Gasteiger charge is -1.95. The molecular formula is C10H10Cl2N2. The van der Waals surface area contributed by atoms with Crippen molar-refractivity contribution in [2.75, 3.05) is 7.05 Å². The first-order chi connectivity index (χ1) is 6.72. The van der Waals surface area contributed by atoms with E-state index in [0.717, 1.165) is 28.2 Å². The number of H-pyrrole nitrogens is 1. The molecule has 74 valence electrons. The molecule has 2 aromatic rings. The van der Waals surface area contributed by atoms with E-state index in [0.29, 0.717) is 5.02 Å². The minimum absolute atomic E-state index is 0.701. The molecule has 0 aliphatic rings. The molecule has 0 fully saturated rings. The maximum absolute atomic E-state index is 6.04. The lowest BCUT2D eigenvalue weighted by Crippen LogP contribution is -2.04. The van der Waals surface area contributed by atoms with Crippen LogP contribution in [0, 0.1) is 0 Å². The van der Waals surface area contributed by atoms with E-state index in [1.165, 1.54) is 0 Å². The highest BCUT2D eigenvalue weighted by atomic mass is 35.5. The summed E-state index contributed by atoms with van der Waals surface area (Å²) in [6.07, 6.45) is 0. The summed E-state index contributed by atoms with van der Waals surface area (Å²) in [5.74, 6) is 0. The summed E-state index contributed by atoms with van der Waals surface area (Å²) in [7, 11) is 1.90. The van der Waals surface area contributed by atoms with Gasteiger partial charge in [-0.25, -0.2) is 0 Å². The van der Waals surface area contributed by atoms with E-state index in [1.54, 1.807) is 6.07 Å². The number of hydrogen-bond donors (Lipinski definition) is 2. The molecule has 2 rings (SSSR count). The van der Waals surface area contributed by atoms with Gasteiger partial charge in [0.25, 0.3) is 0 Å². The quantitative estimate of drug-likeness (QED) is 0.813. The van der Waals surface area contributed by atoms with Gasteiger partial charge in [-0.05, 0) is 25.2 Å². The van der Waals surface area contributed by atoms with Crippen LogP contribution in [0.5, 0.6) is 0 Å². The molecule has 0 atom stereocenters. The van der Waals surface area contributed by atoms with Crippen molar-refractivity contribution in [1.29, 1.82) is 0 Å². The van der Waals surface area contributed by atoms with Crippen LogP contribution >= 0.6 is 23.2 Å². The first-order valence-corrected chi connectivity index (χ1v) is 5.08. The zero-order valence-corrected chi connectivity index (χ0v) is 9.21. The van der Waals surface area contributed by atoms with Crippen molar-refractivity contribution in [1.82, 2.24) is 10.3 Å². The molecule has 2 nitrogen and oxygen atoms in total. The SMILES string of the molecule is CNCc1cc2c(Cl)ccc(Cl)c2[nH]1. The second kappa shape index (κ2) is 3.81. The first kappa shape index (κ1) is 9.84. The Morgan fingerprint density at radius 1 is 1.29 bits per heavy atom. The molecule has 1 heterocycles. The van der Waals surface area contributed by atoms with Gasteiger partial charge in [-0.1, -0.05) is 23.2 Å². The first-order valence-electron chi connectivity index (χ1n) is 4.32. The molecule has 1 aromatic heterocycles. The lowest BCUT2D eigenvalue weighted by molar-refractivity contribution is 0.800. The van der Waals surface area contributed by atoms with Crippen LogP contribution in [-0.4, -0.2) is 12.0 Å². The van der Waals surface area contributed by atoms with Gasteiger partial charge in [-0.2, -0.15) is 0 Å². The molecule has 0 spiro atoms. The summed E-state index contributed by atoms with van der Waals surface area (Å²) in [5.41, 5.74) is 1.99. The Morgan fingerprint density at radius 3 is 2.64 bits per heavy atom. The molecule has 0 aliphatic carbocycles. The van der Waals surface area contributed by atoms with Crippen molar-refractivity contribution >= 4 is 34.1 Å². The molecule has 0 bridgehead atoms. The standard InChI is InChI=1S/C10H10Cl2N2/c1-13-5-6-4-7-8(11)2-3-9(12)10(7)14-6/h2-4,13-14H,5H2,1H3. The average Bonchev–Trinajstić information content (AvgIpc) is 2.57. The van der Waals surface area contributed by atoms with Gasteiger partial charge in [-0.15, -0.1) is 0 Å². The minimum Gasteiger partial charge on any atom is -0.356 e. The Morgan fingerprint density at radius 2 is 2.00 bits per heavy atom. The highest BCUT2D eigenvalue weighted by molar-refractivity contribution is 6.39. The third-order valence-corrected chi connectivity index (χ3v) is 2.76. The lowest BCUT2D eigenvalue weighted by atomic mass is 10.2. The zero-order valence-electron chi connectivity index (χ0n) is 7.70. The topological polar surface area (TPSA) is 27.8 Å². The molecule has 0 unspecified atom stereocenters. The maximum Gasteiger partial charge on any atom is 0.0660 e. The molecule has 0 saturated carbocycles. The number of aromatic nitrogens is 1. The normalized spacial score (nSPS) is 11.1. The molecule has 4 heteroatoms. The van der Waals surface area contributed by atoms with Gasteiger partial charge in [0.1, 0.15) is 0 Å². The van der Waals surface area contributed by atoms with Gasteiger partial charge in [0.05, 0.1) is 15.6 Å². The predicted molar refractivity (Wildman–Crippen MR) is 61.1 cm³/mol. The number of aromatic amines is 1. The monoisotopic (exact) mass is 228 g/mol. The molecule has 0 radical (unpaired) electrons. The number of benzene rings is 1. The van der Waals surface area contributed by atoms with Crippen LogP contribution in [-0.2, 0) is 6.54 Å². The minimum atomic E-state index is 0.701. The van der Waals surface area contributed by atoms with E-state index in [-0.39, 0.29) is 0 Å². The van der Waals surface area contributed by atoms with Crippen molar-refractivity contribution in [3.63, 3.8) is 0 Å². The van der Waals surface area contributed by atoms with Gasteiger partial charge in [0.15, 0.2) is 0 Å². The van der Waals surface area contributed by atoms with Gasteiger partial charge < -0.3 is 10.3 Å². The zero-order chi connectivity index (χ0) is 10.1. The van der Waals surface area contributed by atoms with Gasteiger partial charge >= 0.3 is 0 Å². The molecule has 2 N–H and O–H groups in total. The number of halogens is 2. The summed E-state index contributed by atoms with van der Waals surface area (Å²) < 4.78 is 0. The second-order valence-corrected chi connectivity index (χ2v) is 3.96. The molecule has 1 aromatic carbocycles. The number of hydrogen-bond acceptors (Lipinski definition) is 1. The van der Waals surface area contributed by atoms with E-state index in [4.69, 9.17) is 23.2 Å². The number of nitrogens with one attached hydrogen (secondary N) is 2. The predicted octanol–water partition coefficient (Wildman–Crippen LogP) is 3.19. The van der Waals surface area contributed by atoms with E-state index < -0.39 is 0 Å². The van der Waals surface area contributed by atoms with Crippen LogP contribution in [0.1, 0.15) is 5.69 Å². The average molecular weight is 229 g/mol. The van der Waals surface area contributed by atoms with E-state index >= 15 is 0 Å². The summed E-state index contributed by atoms with van der Waals surface area (Å²) in [4.78, 5) is 3.23. The van der Waals surface area contributed by atoms with Crippen LogP contribution < -0.4 is 5.32 Å². The van der Waals surface area contributed by atoms with E-state index in [1.807, 2.05) is 19.2 Å². The fourth-order valence-corrected chi connectivity index (χ4v) is 1.92. The number of rotatable bonds is 2. The van der Waals surface area contributed by atoms with E-state index in [9.17, 15) is 0 Å². The van der Waals surface area contributed by atoms with Crippen LogP contribution in [0.2, 0.25) is 10.0 Å². The van der Waals surface area contributed by atoms with Gasteiger partial charge in [-0.3, -0.25) is 0 Å². The van der Waals surface area contributed by atoms with Crippen LogP contribution in [0.3, 0.4) is 0 Å². The summed E-state index contributed by atoms with van der Waals surface area (Å²) >= 11 is 12.1. The van der Waals surface area contributed by atoms with Crippen molar-refractivity contribution < 1.29 is 0 Å². The molecule has 14 heavy (non-hydrogen) atoms. The fourth-order valence-electron chi connectivity index (χ4n) is 1.49. The second-order valence-electron chi connectivity index (χ2n) is 3.14. The molecule has 0 aliphatic heterocycles. The fraction of sp³-hybridized carbons (Fsp3) is 0.200. The van der Waals surface area contributed by atoms with Gasteiger partial charge in [0, 0.05) is 17.6 Å². The smallest absolute Gasteiger partial charge is 0.0660 e. The van der Waals surface area contributed by atoms with Crippen molar-refractivity contribution in [2.45, 2.75) is 6.54 Å². The third-order valence-electron chi connectivity index (χ3n) is 2.11. The molecular weight excluding hydrogens is 219 g/mol. The molecule has 0 amide bonds. The highest BCUT2D eigenvalue weighted by Gasteiger charge is 2.06. The van der Waals surface area contributed by atoms with Crippen molar-refractivity contribution in [3.05, 3.63) is 33.9 Å². The Balaban J connectivity index is 2.63. The third kappa shape index (κ3) is 1.61. The number of fused-ring (bicyclic) bond motifs is 1. The van der Waals surface area contributed by atoms with Crippen LogP contribution in [0.15, 0.2) is 18.2 Å².